The summed E-state index contributed by atoms with van der Waals surface area (Å²) in [7, 11) is 0. The standard InChI is InChI=1S/C19H16F3N3O/c1-12-10-14-16(8-7-15(23-3)18(14)19(20,21)22)25(12)13(2)11-26-17-6-4-5-9-24-17/h4-10,13H,11H2,1-2H3/t13-/m1/s1. The van der Waals surface area contributed by atoms with Gasteiger partial charge in [0.05, 0.1) is 18.2 Å². The Balaban J connectivity index is 2.02. The van der Waals surface area contributed by atoms with Crippen LogP contribution in [-0.2, 0) is 6.18 Å². The number of rotatable bonds is 4. The van der Waals surface area contributed by atoms with Gasteiger partial charge in [0.2, 0.25) is 5.88 Å². The van der Waals surface area contributed by atoms with Gasteiger partial charge in [0.25, 0.3) is 0 Å². The lowest BCUT2D eigenvalue weighted by molar-refractivity contribution is -0.135. The number of ether oxygens (including phenoxy) is 1. The molecule has 0 bridgehead atoms. The van der Waals surface area contributed by atoms with Crippen molar-refractivity contribution in [1.29, 1.82) is 0 Å². The first-order chi connectivity index (χ1) is 12.3. The number of aryl methyl sites for hydroxylation is 1. The zero-order chi connectivity index (χ0) is 18.9. The maximum absolute atomic E-state index is 13.5. The van der Waals surface area contributed by atoms with Crippen LogP contribution in [0.4, 0.5) is 18.9 Å². The minimum absolute atomic E-state index is 0.0354. The summed E-state index contributed by atoms with van der Waals surface area (Å²) in [6, 6.07) is 9.33. The van der Waals surface area contributed by atoms with Crippen LogP contribution in [0.25, 0.3) is 15.7 Å². The van der Waals surface area contributed by atoms with Gasteiger partial charge in [0.1, 0.15) is 6.61 Å². The third-order valence-electron chi connectivity index (χ3n) is 4.15. The number of alkyl halides is 3. The fourth-order valence-electron chi connectivity index (χ4n) is 3.11. The number of fused-ring (bicyclic) bond motifs is 1. The van der Waals surface area contributed by atoms with Gasteiger partial charge in [-0.2, -0.15) is 13.2 Å². The van der Waals surface area contributed by atoms with Crippen LogP contribution >= 0.6 is 0 Å². The molecule has 0 radical (unpaired) electrons. The molecule has 3 rings (SSSR count). The molecule has 7 heteroatoms. The van der Waals surface area contributed by atoms with Crippen LogP contribution in [-0.4, -0.2) is 16.2 Å². The third-order valence-corrected chi connectivity index (χ3v) is 4.15. The number of hydrogen-bond acceptors (Lipinski definition) is 2. The summed E-state index contributed by atoms with van der Waals surface area (Å²) < 4.78 is 47.9. The molecule has 1 aromatic carbocycles. The third kappa shape index (κ3) is 3.23. The molecule has 0 amide bonds. The van der Waals surface area contributed by atoms with Crippen LogP contribution < -0.4 is 4.74 Å². The van der Waals surface area contributed by atoms with E-state index in [2.05, 4.69) is 9.83 Å². The molecule has 3 aromatic rings. The van der Waals surface area contributed by atoms with E-state index in [0.717, 1.165) is 0 Å². The van der Waals surface area contributed by atoms with Gasteiger partial charge in [0.15, 0.2) is 5.69 Å². The molecule has 2 aromatic heterocycles. The van der Waals surface area contributed by atoms with Crippen molar-refractivity contribution < 1.29 is 17.9 Å². The van der Waals surface area contributed by atoms with E-state index in [9.17, 15) is 13.2 Å². The van der Waals surface area contributed by atoms with Crippen LogP contribution in [0, 0.1) is 13.5 Å². The van der Waals surface area contributed by atoms with E-state index < -0.39 is 11.7 Å². The van der Waals surface area contributed by atoms with Crippen LogP contribution in [0.5, 0.6) is 5.88 Å². The number of halogens is 3. The Kier molecular flexibility index (Phi) is 4.60. The molecule has 0 saturated heterocycles. The predicted molar refractivity (Wildman–Crippen MR) is 92.4 cm³/mol. The maximum Gasteiger partial charge on any atom is 0.408 e. The van der Waals surface area contributed by atoms with Crippen molar-refractivity contribution in [3.05, 3.63) is 65.3 Å². The highest BCUT2D eigenvalue weighted by Crippen LogP contribution is 2.42. The zero-order valence-corrected chi connectivity index (χ0v) is 14.2. The van der Waals surface area contributed by atoms with Crippen molar-refractivity contribution in [2.75, 3.05) is 6.61 Å². The molecule has 0 fully saturated rings. The van der Waals surface area contributed by atoms with Crippen LogP contribution in [0.3, 0.4) is 0 Å². The van der Waals surface area contributed by atoms with Crippen LogP contribution in [0.1, 0.15) is 24.2 Å². The van der Waals surface area contributed by atoms with Crippen LogP contribution in [0.2, 0.25) is 0 Å². The first-order valence-corrected chi connectivity index (χ1v) is 7.96. The maximum atomic E-state index is 13.5. The second kappa shape index (κ2) is 6.71. The van der Waals surface area contributed by atoms with E-state index in [4.69, 9.17) is 11.3 Å². The normalized spacial score (nSPS) is 12.8. The molecule has 0 unspecified atom stereocenters. The van der Waals surface area contributed by atoms with Gasteiger partial charge in [0, 0.05) is 28.9 Å². The second-order valence-electron chi connectivity index (χ2n) is 5.99. The lowest BCUT2D eigenvalue weighted by atomic mass is 10.1. The molecule has 26 heavy (non-hydrogen) atoms. The lowest BCUT2D eigenvalue weighted by Gasteiger charge is -2.18. The van der Waals surface area contributed by atoms with Gasteiger partial charge in [-0.05, 0) is 32.0 Å². The first-order valence-electron chi connectivity index (χ1n) is 7.96. The largest absolute Gasteiger partial charge is 0.475 e. The molecule has 1 atom stereocenters. The summed E-state index contributed by atoms with van der Waals surface area (Å²) in [5, 5.41) is 0.0354. The summed E-state index contributed by atoms with van der Waals surface area (Å²) in [4.78, 5) is 7.11. The summed E-state index contributed by atoms with van der Waals surface area (Å²) in [5.74, 6) is 0.458. The Morgan fingerprint density at radius 3 is 2.65 bits per heavy atom. The highest BCUT2D eigenvalue weighted by atomic mass is 19.4. The molecule has 0 N–H and O–H groups in total. The summed E-state index contributed by atoms with van der Waals surface area (Å²) in [6.07, 6.45) is -2.98. The summed E-state index contributed by atoms with van der Waals surface area (Å²) in [6.45, 7) is 10.9. The van der Waals surface area contributed by atoms with Gasteiger partial charge in [-0.1, -0.05) is 12.1 Å². The molecule has 0 saturated carbocycles. The van der Waals surface area contributed by atoms with E-state index in [1.807, 2.05) is 6.92 Å². The molecule has 4 nitrogen and oxygen atoms in total. The molecular formula is C19H16F3N3O. The summed E-state index contributed by atoms with van der Waals surface area (Å²) in [5.41, 5.74) is -0.173. The van der Waals surface area contributed by atoms with Crippen molar-refractivity contribution in [3.63, 3.8) is 0 Å². The van der Waals surface area contributed by atoms with E-state index in [-0.39, 0.29) is 23.7 Å². The van der Waals surface area contributed by atoms with E-state index in [1.165, 1.54) is 12.1 Å². The van der Waals surface area contributed by atoms with Crippen molar-refractivity contribution >= 4 is 16.6 Å². The number of hydrogen-bond donors (Lipinski definition) is 0. The Labute approximate surface area is 148 Å². The minimum Gasteiger partial charge on any atom is -0.475 e. The van der Waals surface area contributed by atoms with Crippen molar-refractivity contribution in [1.82, 2.24) is 9.55 Å². The molecular weight excluding hydrogens is 343 g/mol. The number of nitrogens with zero attached hydrogens (tertiary/aromatic N) is 3. The highest BCUT2D eigenvalue weighted by molar-refractivity contribution is 5.90. The molecule has 0 aliphatic heterocycles. The van der Waals surface area contributed by atoms with Gasteiger partial charge in [-0.3, -0.25) is 0 Å². The fraction of sp³-hybridized carbons (Fsp3) is 0.263. The van der Waals surface area contributed by atoms with Gasteiger partial charge < -0.3 is 9.30 Å². The van der Waals surface area contributed by atoms with Gasteiger partial charge in [-0.25, -0.2) is 9.83 Å². The molecule has 0 aliphatic rings. The molecule has 2 heterocycles. The Morgan fingerprint density at radius 1 is 1.27 bits per heavy atom. The average Bonchev–Trinajstić information content (AvgIpc) is 2.94. The Morgan fingerprint density at radius 2 is 2.04 bits per heavy atom. The number of benzene rings is 1. The fourth-order valence-corrected chi connectivity index (χ4v) is 3.11. The number of pyridine rings is 1. The van der Waals surface area contributed by atoms with Crippen LogP contribution in [0.15, 0.2) is 42.6 Å². The summed E-state index contributed by atoms with van der Waals surface area (Å²) >= 11 is 0. The topological polar surface area (TPSA) is 31.4 Å². The Hall–Kier alpha value is -3.01. The highest BCUT2D eigenvalue weighted by Gasteiger charge is 2.36. The molecule has 134 valence electrons. The van der Waals surface area contributed by atoms with E-state index >= 15 is 0 Å². The number of aromatic nitrogens is 2. The molecule has 0 aliphatic carbocycles. The van der Waals surface area contributed by atoms with E-state index in [1.54, 1.807) is 42.0 Å². The van der Waals surface area contributed by atoms with Crippen molar-refractivity contribution in [3.8, 4) is 5.88 Å². The SMILES string of the molecule is [C-]#[N+]c1ccc2c(cc(C)n2[C@H](C)COc2ccccn2)c1C(F)(F)F. The smallest absolute Gasteiger partial charge is 0.408 e. The predicted octanol–water partition coefficient (Wildman–Crippen LogP) is 5.55. The monoisotopic (exact) mass is 359 g/mol. The Bertz CT molecular complexity index is 972. The lowest BCUT2D eigenvalue weighted by Crippen LogP contribution is -2.15. The van der Waals surface area contributed by atoms with Gasteiger partial charge in [-0.15, -0.1) is 0 Å². The minimum atomic E-state index is -4.59. The zero-order valence-electron chi connectivity index (χ0n) is 14.2. The average molecular weight is 359 g/mol. The van der Waals surface area contributed by atoms with Gasteiger partial charge >= 0.3 is 6.18 Å². The van der Waals surface area contributed by atoms with Crippen molar-refractivity contribution in [2.24, 2.45) is 0 Å². The van der Waals surface area contributed by atoms with Crippen molar-refractivity contribution in [2.45, 2.75) is 26.1 Å². The second-order valence-corrected chi connectivity index (χ2v) is 5.99. The quantitative estimate of drug-likeness (QED) is 0.572. The first kappa shape index (κ1) is 17.8. The van der Waals surface area contributed by atoms with E-state index in [0.29, 0.717) is 17.1 Å². The molecule has 0 spiro atoms.